The van der Waals surface area contributed by atoms with Crippen molar-refractivity contribution < 1.29 is 4.79 Å². The van der Waals surface area contributed by atoms with E-state index in [4.69, 9.17) is 4.98 Å². The average Bonchev–Trinajstić information content (AvgIpc) is 3.51. The number of amides is 1. The van der Waals surface area contributed by atoms with Crippen molar-refractivity contribution in [3.8, 4) is 22.6 Å². The Bertz CT molecular complexity index is 1480. The smallest absolute Gasteiger partial charge is 0.254 e. The summed E-state index contributed by atoms with van der Waals surface area (Å²) in [6.07, 6.45) is 3.44. The number of benzene rings is 1. The highest BCUT2D eigenvalue weighted by Gasteiger charge is 2.28. The minimum atomic E-state index is 0.0258. The largest absolute Gasteiger partial charge is 0.340 e. The van der Waals surface area contributed by atoms with Crippen molar-refractivity contribution >= 4 is 11.6 Å². The maximum Gasteiger partial charge on any atom is 0.254 e. The van der Waals surface area contributed by atoms with E-state index < -0.39 is 0 Å². The molecular weight excluding hydrogens is 402 g/mol. The molecule has 8 heteroatoms. The van der Waals surface area contributed by atoms with Gasteiger partial charge in [0.1, 0.15) is 17.8 Å². The second kappa shape index (κ2) is 7.12. The number of carbonyl (C=O) groups excluding carboxylic acids is 1. The summed E-state index contributed by atoms with van der Waals surface area (Å²) in [6, 6.07) is 17.5. The second-order valence-corrected chi connectivity index (χ2v) is 7.87. The molecular formula is C24H19N7O. The fourth-order valence-corrected chi connectivity index (χ4v) is 4.15. The quantitative estimate of drug-likeness (QED) is 0.478. The lowest BCUT2D eigenvalue weighted by molar-refractivity contribution is 0.0763. The van der Waals surface area contributed by atoms with Crippen LogP contribution in [0.3, 0.4) is 0 Å². The van der Waals surface area contributed by atoms with Gasteiger partial charge in [-0.05, 0) is 42.8 Å². The molecule has 1 aliphatic rings. The third-order valence-corrected chi connectivity index (χ3v) is 5.68. The van der Waals surface area contributed by atoms with Gasteiger partial charge in [0, 0.05) is 29.6 Å². The van der Waals surface area contributed by atoms with Crippen LogP contribution in [0.5, 0.6) is 0 Å². The number of nitrogens with one attached hydrogen (secondary N) is 1. The first-order valence-corrected chi connectivity index (χ1v) is 10.4. The first kappa shape index (κ1) is 18.4. The van der Waals surface area contributed by atoms with Gasteiger partial charge in [-0.1, -0.05) is 24.3 Å². The number of hydrogen-bond donors (Lipinski definition) is 1. The lowest BCUT2D eigenvalue weighted by atomic mass is 10.1. The maximum atomic E-state index is 12.8. The molecule has 32 heavy (non-hydrogen) atoms. The SMILES string of the molecule is Cc1cccc(-c2nc(CN3Cc4ccccc4C3=O)[nH]c2-c2ccc3ncnn3c2)n1. The van der Waals surface area contributed by atoms with E-state index in [2.05, 4.69) is 20.1 Å². The zero-order valence-corrected chi connectivity index (χ0v) is 17.4. The van der Waals surface area contributed by atoms with E-state index in [1.807, 2.05) is 67.7 Å². The van der Waals surface area contributed by atoms with E-state index >= 15 is 0 Å². The van der Waals surface area contributed by atoms with E-state index in [0.717, 1.165) is 45.1 Å². The number of H-pyrrole nitrogens is 1. The van der Waals surface area contributed by atoms with Crippen LogP contribution in [0, 0.1) is 6.92 Å². The van der Waals surface area contributed by atoms with Crippen LogP contribution in [-0.4, -0.2) is 40.4 Å². The monoisotopic (exact) mass is 421 g/mol. The van der Waals surface area contributed by atoms with Gasteiger partial charge in [0.05, 0.1) is 17.9 Å². The summed E-state index contributed by atoms with van der Waals surface area (Å²) in [5.74, 6) is 0.732. The molecule has 5 aromatic rings. The first-order valence-electron chi connectivity index (χ1n) is 10.4. The Morgan fingerprint density at radius 3 is 2.81 bits per heavy atom. The molecule has 0 unspecified atom stereocenters. The van der Waals surface area contributed by atoms with Crippen LogP contribution in [0.25, 0.3) is 28.3 Å². The number of nitrogens with zero attached hydrogens (tertiary/aromatic N) is 6. The number of hydrogen-bond acceptors (Lipinski definition) is 5. The fraction of sp³-hybridized carbons (Fsp3) is 0.125. The summed E-state index contributed by atoms with van der Waals surface area (Å²) in [5.41, 5.74) is 6.75. The third-order valence-electron chi connectivity index (χ3n) is 5.68. The number of imidazole rings is 1. The van der Waals surface area contributed by atoms with Crippen LogP contribution in [0.1, 0.15) is 27.4 Å². The minimum absolute atomic E-state index is 0.0258. The Balaban J connectivity index is 1.42. The predicted molar refractivity (Wildman–Crippen MR) is 119 cm³/mol. The highest BCUT2D eigenvalue weighted by molar-refractivity contribution is 5.98. The van der Waals surface area contributed by atoms with Gasteiger partial charge in [-0.3, -0.25) is 9.78 Å². The summed E-state index contributed by atoms with van der Waals surface area (Å²) in [7, 11) is 0. The lowest BCUT2D eigenvalue weighted by Gasteiger charge is -2.13. The second-order valence-electron chi connectivity index (χ2n) is 7.87. The van der Waals surface area contributed by atoms with Crippen LogP contribution in [0.15, 0.2) is 67.1 Å². The summed E-state index contributed by atoms with van der Waals surface area (Å²) in [4.78, 5) is 31.9. The number of aromatic nitrogens is 6. The number of aryl methyl sites for hydroxylation is 1. The zero-order chi connectivity index (χ0) is 21.7. The summed E-state index contributed by atoms with van der Waals surface area (Å²) in [6.45, 7) is 2.92. The number of fused-ring (bicyclic) bond motifs is 2. The van der Waals surface area contributed by atoms with Crippen molar-refractivity contribution in [3.63, 3.8) is 0 Å². The van der Waals surface area contributed by atoms with Crippen molar-refractivity contribution in [1.29, 1.82) is 0 Å². The number of aromatic amines is 1. The summed E-state index contributed by atoms with van der Waals surface area (Å²) in [5, 5.41) is 4.25. The van der Waals surface area contributed by atoms with Crippen molar-refractivity contribution in [3.05, 3.63) is 89.8 Å². The van der Waals surface area contributed by atoms with Crippen molar-refractivity contribution in [2.45, 2.75) is 20.0 Å². The molecule has 0 fully saturated rings. The molecule has 1 N–H and O–H groups in total. The fourth-order valence-electron chi connectivity index (χ4n) is 4.15. The van der Waals surface area contributed by atoms with Gasteiger partial charge < -0.3 is 9.88 Å². The molecule has 0 bridgehead atoms. The molecule has 0 saturated heterocycles. The molecule has 0 radical (unpaired) electrons. The molecule has 1 aromatic carbocycles. The Morgan fingerprint density at radius 2 is 1.94 bits per heavy atom. The summed E-state index contributed by atoms with van der Waals surface area (Å²) < 4.78 is 1.73. The van der Waals surface area contributed by atoms with Gasteiger partial charge in [-0.2, -0.15) is 5.10 Å². The molecule has 5 heterocycles. The Morgan fingerprint density at radius 1 is 1.03 bits per heavy atom. The molecule has 4 aromatic heterocycles. The van der Waals surface area contributed by atoms with Crippen molar-refractivity contribution in [2.24, 2.45) is 0 Å². The van der Waals surface area contributed by atoms with E-state index in [1.165, 1.54) is 6.33 Å². The van der Waals surface area contributed by atoms with Gasteiger partial charge in [0.25, 0.3) is 5.91 Å². The minimum Gasteiger partial charge on any atom is -0.340 e. The van der Waals surface area contributed by atoms with Crippen molar-refractivity contribution in [1.82, 2.24) is 34.4 Å². The highest BCUT2D eigenvalue weighted by Crippen LogP contribution is 2.31. The third kappa shape index (κ3) is 3.04. The topological polar surface area (TPSA) is 92.1 Å². The molecule has 156 valence electrons. The molecule has 1 amide bonds. The van der Waals surface area contributed by atoms with Crippen LogP contribution >= 0.6 is 0 Å². The zero-order valence-electron chi connectivity index (χ0n) is 17.4. The number of carbonyl (C=O) groups is 1. The standard InChI is InChI=1S/C24H19N7O/c1-15-5-4-8-19(27-15)23-22(17-9-10-21-25-14-26-31(21)12-17)28-20(29-23)13-30-11-16-6-2-3-7-18(16)24(30)32/h2-10,12,14H,11,13H2,1H3,(H,28,29). The molecule has 0 atom stereocenters. The van der Waals surface area contributed by atoms with E-state index in [0.29, 0.717) is 18.9 Å². The Kier molecular flexibility index (Phi) is 4.10. The Hall–Kier alpha value is -4.33. The van der Waals surface area contributed by atoms with Gasteiger partial charge >= 0.3 is 0 Å². The first-order chi connectivity index (χ1) is 15.7. The van der Waals surface area contributed by atoms with Crippen molar-refractivity contribution in [2.75, 3.05) is 0 Å². The highest BCUT2D eigenvalue weighted by atomic mass is 16.2. The number of pyridine rings is 2. The number of rotatable bonds is 4. The molecule has 1 aliphatic heterocycles. The van der Waals surface area contributed by atoms with Gasteiger partial charge in [0.2, 0.25) is 0 Å². The van der Waals surface area contributed by atoms with Gasteiger partial charge in [0.15, 0.2) is 5.65 Å². The normalized spacial score (nSPS) is 13.2. The molecule has 8 nitrogen and oxygen atoms in total. The van der Waals surface area contributed by atoms with Crippen LogP contribution in [0.2, 0.25) is 0 Å². The lowest BCUT2D eigenvalue weighted by Crippen LogP contribution is -2.23. The van der Waals surface area contributed by atoms with Crippen LogP contribution in [0.4, 0.5) is 0 Å². The van der Waals surface area contributed by atoms with Crippen LogP contribution in [-0.2, 0) is 13.1 Å². The average molecular weight is 421 g/mol. The molecule has 0 saturated carbocycles. The summed E-state index contributed by atoms with van der Waals surface area (Å²) >= 11 is 0. The van der Waals surface area contributed by atoms with E-state index in [9.17, 15) is 4.79 Å². The van der Waals surface area contributed by atoms with E-state index in [-0.39, 0.29) is 5.91 Å². The van der Waals surface area contributed by atoms with Gasteiger partial charge in [-0.25, -0.2) is 14.5 Å². The van der Waals surface area contributed by atoms with Gasteiger partial charge in [-0.15, -0.1) is 0 Å². The maximum absolute atomic E-state index is 12.8. The van der Waals surface area contributed by atoms with E-state index in [1.54, 1.807) is 9.42 Å². The predicted octanol–water partition coefficient (Wildman–Crippen LogP) is 3.65. The molecule has 0 aliphatic carbocycles. The molecule has 6 rings (SSSR count). The Labute approximate surface area is 183 Å². The van der Waals surface area contributed by atoms with Crippen LogP contribution < -0.4 is 0 Å². The molecule has 0 spiro atoms.